The molecule has 0 aliphatic carbocycles. The molecule has 5 rings (SSSR count). The molecule has 0 N–H and O–H groups in total. The van der Waals surface area contributed by atoms with E-state index in [4.69, 9.17) is 13.9 Å². The van der Waals surface area contributed by atoms with Gasteiger partial charge in [-0.2, -0.15) is 0 Å². The van der Waals surface area contributed by atoms with Crippen molar-refractivity contribution in [2.24, 2.45) is 0 Å². The number of thioether (sulfide) groups is 1. The summed E-state index contributed by atoms with van der Waals surface area (Å²) in [4.78, 5) is 2.22. The van der Waals surface area contributed by atoms with E-state index in [1.807, 2.05) is 31.2 Å². The van der Waals surface area contributed by atoms with Crippen molar-refractivity contribution in [2.45, 2.75) is 30.7 Å². The van der Waals surface area contributed by atoms with Gasteiger partial charge in [0, 0.05) is 18.7 Å². The van der Waals surface area contributed by atoms with Crippen LogP contribution in [0.25, 0.3) is 17.1 Å². The summed E-state index contributed by atoms with van der Waals surface area (Å²) in [6.07, 6.45) is 0.956. The van der Waals surface area contributed by atoms with Crippen molar-refractivity contribution >= 4 is 17.7 Å². The number of hydrogen-bond acceptors (Lipinski definition) is 9. The second kappa shape index (κ2) is 10.5. The fourth-order valence-electron chi connectivity index (χ4n) is 3.91. The number of rotatable bonds is 8. The highest BCUT2D eigenvalue weighted by Crippen LogP contribution is 2.37. The van der Waals surface area contributed by atoms with Crippen LogP contribution in [-0.2, 0) is 11.2 Å². The van der Waals surface area contributed by atoms with Gasteiger partial charge in [-0.05, 0) is 55.3 Å². The molecule has 4 aromatic rings. The number of aryl methyl sites for hydroxylation is 1. The average Bonchev–Trinajstić information content (AvgIpc) is 3.57. The zero-order valence-electron chi connectivity index (χ0n) is 20.0. The first kappa shape index (κ1) is 23.4. The first-order valence-electron chi connectivity index (χ1n) is 11.7. The van der Waals surface area contributed by atoms with Crippen molar-refractivity contribution in [3.8, 4) is 22.9 Å². The number of anilines is 1. The zero-order chi connectivity index (χ0) is 24.2. The Kier molecular flexibility index (Phi) is 7.01. The minimum Gasteiger partial charge on any atom is -0.497 e. The molecule has 1 fully saturated rings. The van der Waals surface area contributed by atoms with Gasteiger partial charge in [-0.1, -0.05) is 30.8 Å². The van der Waals surface area contributed by atoms with E-state index in [0.29, 0.717) is 25.0 Å². The molecular formula is C25H28N6O3S. The summed E-state index contributed by atoms with van der Waals surface area (Å²) in [6, 6.07) is 16.0. The molecule has 0 saturated carbocycles. The lowest BCUT2D eigenvalue weighted by atomic mass is 10.1. The molecule has 2 aromatic heterocycles. The van der Waals surface area contributed by atoms with Crippen molar-refractivity contribution in [3.05, 3.63) is 60.0 Å². The Labute approximate surface area is 208 Å². The maximum absolute atomic E-state index is 6.01. The predicted octanol–water partition coefficient (Wildman–Crippen LogP) is 4.58. The summed E-state index contributed by atoms with van der Waals surface area (Å²) in [5.74, 6) is 2.60. The maximum atomic E-state index is 6.01. The summed E-state index contributed by atoms with van der Waals surface area (Å²) in [5, 5.41) is 18.3. The molecule has 35 heavy (non-hydrogen) atoms. The molecule has 9 nitrogen and oxygen atoms in total. The van der Waals surface area contributed by atoms with Gasteiger partial charge in [0.1, 0.15) is 5.75 Å². The second-order valence-corrected chi connectivity index (χ2v) is 9.48. The molecule has 182 valence electrons. The summed E-state index contributed by atoms with van der Waals surface area (Å²) < 4.78 is 18.9. The van der Waals surface area contributed by atoms with Gasteiger partial charge in [0.25, 0.3) is 0 Å². The number of nitrogens with zero attached hydrogens (tertiary/aromatic N) is 6. The molecule has 3 heterocycles. The number of aromatic nitrogens is 5. The number of hydrogen-bond donors (Lipinski definition) is 0. The van der Waals surface area contributed by atoms with Gasteiger partial charge in [0.05, 0.1) is 31.3 Å². The Hall–Kier alpha value is -3.37. The smallest absolute Gasteiger partial charge is 0.247 e. The highest BCUT2D eigenvalue weighted by atomic mass is 32.2. The Bertz CT molecular complexity index is 1270. The third kappa shape index (κ3) is 5.03. The van der Waals surface area contributed by atoms with E-state index in [1.165, 1.54) is 5.56 Å². The quantitative estimate of drug-likeness (QED) is 0.328. The number of ether oxygens (including phenoxy) is 2. The Morgan fingerprint density at radius 3 is 2.57 bits per heavy atom. The first-order valence-corrected chi connectivity index (χ1v) is 12.6. The monoisotopic (exact) mass is 492 g/mol. The van der Waals surface area contributed by atoms with Crippen molar-refractivity contribution in [2.75, 3.05) is 38.3 Å². The molecule has 10 heteroatoms. The van der Waals surface area contributed by atoms with Crippen molar-refractivity contribution in [1.29, 1.82) is 0 Å². The molecular weight excluding hydrogens is 464 g/mol. The molecule has 1 atom stereocenters. The van der Waals surface area contributed by atoms with Crippen LogP contribution in [-0.4, -0.2) is 58.4 Å². The molecule has 0 spiro atoms. The number of methoxy groups -OCH3 is 1. The van der Waals surface area contributed by atoms with Crippen LogP contribution in [0.1, 0.15) is 30.6 Å². The van der Waals surface area contributed by atoms with Gasteiger partial charge in [-0.3, -0.25) is 4.57 Å². The number of morpholine rings is 1. The van der Waals surface area contributed by atoms with Crippen molar-refractivity contribution in [1.82, 2.24) is 25.0 Å². The summed E-state index contributed by atoms with van der Waals surface area (Å²) in [6.45, 7) is 7.10. The van der Waals surface area contributed by atoms with Crippen LogP contribution in [0.5, 0.6) is 5.75 Å². The third-order valence-corrected chi connectivity index (χ3v) is 6.92. The topological polar surface area (TPSA) is 91.3 Å². The Morgan fingerprint density at radius 2 is 1.83 bits per heavy atom. The Balaban J connectivity index is 1.43. The average molecular weight is 493 g/mol. The van der Waals surface area contributed by atoms with E-state index in [0.717, 1.165) is 47.6 Å². The van der Waals surface area contributed by atoms with Gasteiger partial charge in [-0.15, -0.1) is 20.4 Å². The Morgan fingerprint density at radius 1 is 1.03 bits per heavy atom. The molecule has 0 amide bonds. The zero-order valence-corrected chi connectivity index (χ0v) is 20.9. The van der Waals surface area contributed by atoms with Crippen LogP contribution in [0.15, 0.2) is 58.1 Å². The van der Waals surface area contributed by atoms with E-state index in [9.17, 15) is 0 Å². The molecule has 0 unspecified atom stereocenters. The van der Waals surface area contributed by atoms with Gasteiger partial charge in [-0.25, -0.2) is 0 Å². The van der Waals surface area contributed by atoms with E-state index < -0.39 is 0 Å². The summed E-state index contributed by atoms with van der Waals surface area (Å²) in [5.41, 5.74) is 3.14. The summed E-state index contributed by atoms with van der Waals surface area (Å²) >= 11 is 1.55. The highest BCUT2D eigenvalue weighted by molar-refractivity contribution is 7.99. The largest absolute Gasteiger partial charge is 0.497 e. The van der Waals surface area contributed by atoms with Crippen LogP contribution in [0, 0.1) is 0 Å². The van der Waals surface area contributed by atoms with E-state index in [2.05, 4.69) is 61.1 Å². The molecule has 1 aliphatic rings. The summed E-state index contributed by atoms with van der Waals surface area (Å²) in [7, 11) is 1.64. The van der Waals surface area contributed by atoms with Crippen LogP contribution in [0.3, 0.4) is 0 Å². The minimum absolute atomic E-state index is 0.121. The van der Waals surface area contributed by atoms with Gasteiger partial charge >= 0.3 is 0 Å². The van der Waals surface area contributed by atoms with Crippen molar-refractivity contribution < 1.29 is 13.9 Å². The van der Waals surface area contributed by atoms with Crippen LogP contribution in [0.4, 0.5) is 5.95 Å². The maximum Gasteiger partial charge on any atom is 0.247 e. The fraction of sp³-hybridized carbons (Fsp3) is 0.360. The van der Waals surface area contributed by atoms with Crippen molar-refractivity contribution in [3.63, 3.8) is 0 Å². The molecule has 2 aromatic carbocycles. The van der Waals surface area contributed by atoms with Gasteiger partial charge < -0.3 is 18.8 Å². The first-order chi connectivity index (χ1) is 17.2. The van der Waals surface area contributed by atoms with E-state index >= 15 is 0 Å². The van der Waals surface area contributed by atoms with Crippen LogP contribution in [0.2, 0.25) is 0 Å². The third-order valence-electron chi connectivity index (χ3n) is 5.89. The van der Waals surface area contributed by atoms with Gasteiger partial charge in [0.2, 0.25) is 17.7 Å². The predicted molar refractivity (Wildman–Crippen MR) is 134 cm³/mol. The second-order valence-electron chi connectivity index (χ2n) is 8.17. The lowest BCUT2D eigenvalue weighted by Gasteiger charge is -2.28. The fourth-order valence-corrected chi connectivity index (χ4v) is 4.80. The lowest BCUT2D eigenvalue weighted by molar-refractivity contribution is 0.122. The molecule has 0 radical (unpaired) electrons. The van der Waals surface area contributed by atoms with E-state index in [1.54, 1.807) is 18.9 Å². The van der Waals surface area contributed by atoms with Gasteiger partial charge in [0.15, 0.2) is 5.16 Å². The van der Waals surface area contributed by atoms with Crippen LogP contribution < -0.4 is 9.64 Å². The molecule has 1 saturated heterocycles. The van der Waals surface area contributed by atoms with Crippen LogP contribution >= 0.6 is 11.8 Å². The lowest BCUT2D eigenvalue weighted by Crippen LogP contribution is -2.37. The molecule has 0 bridgehead atoms. The highest BCUT2D eigenvalue weighted by Gasteiger charge is 2.25. The normalized spacial score (nSPS) is 14.8. The SMILES string of the molecule is CCc1cccc(-n2c(S[C@H](C)c3nnc(-c4ccc(OC)cc4)o3)nnc2N2CCOCC2)c1. The minimum atomic E-state index is -0.121. The van der Waals surface area contributed by atoms with E-state index in [-0.39, 0.29) is 5.25 Å². The molecule has 1 aliphatic heterocycles. The number of benzene rings is 2. The standard InChI is InChI=1S/C25H28N6O3S/c1-4-18-6-5-7-20(16-18)31-24(30-12-14-33-15-13-30)28-29-25(31)35-17(2)22-26-27-23(34-22)19-8-10-21(32-3)11-9-19/h5-11,16-17H,4,12-15H2,1-3H3/t17-/m1/s1.